The number of phenols is 2. The van der Waals surface area contributed by atoms with Gasteiger partial charge >= 0.3 is 0 Å². The number of hydrogen-bond donors (Lipinski definition) is 2. The lowest BCUT2D eigenvalue weighted by molar-refractivity contribution is -0.121. The Labute approximate surface area is 154 Å². The molecule has 2 aromatic carbocycles. The third kappa shape index (κ3) is 2.80. The molecule has 0 radical (unpaired) electrons. The van der Waals surface area contributed by atoms with E-state index in [1.807, 2.05) is 38.1 Å². The number of hydrogen-bond acceptors (Lipinski definition) is 3. The van der Waals surface area contributed by atoms with Gasteiger partial charge in [-0.05, 0) is 72.9 Å². The van der Waals surface area contributed by atoms with Gasteiger partial charge in [0.2, 0.25) is 0 Å². The zero-order valence-corrected chi connectivity index (χ0v) is 15.5. The smallest absolute Gasteiger partial charge is 0.147 e. The number of aromatic hydroxyl groups is 2. The molecule has 4 rings (SSSR count). The molecule has 3 heteroatoms. The molecule has 0 saturated heterocycles. The molecule has 0 bridgehead atoms. The molecule has 0 saturated carbocycles. The van der Waals surface area contributed by atoms with Gasteiger partial charge in [-0.2, -0.15) is 0 Å². The summed E-state index contributed by atoms with van der Waals surface area (Å²) in [4.78, 5) is 13.1. The molecular weight excluding hydrogens is 324 g/mol. The minimum atomic E-state index is -0.399. The van der Waals surface area contributed by atoms with Gasteiger partial charge in [-0.25, -0.2) is 0 Å². The van der Waals surface area contributed by atoms with Crippen molar-refractivity contribution in [1.29, 1.82) is 0 Å². The molecular formula is C23H26O3. The van der Waals surface area contributed by atoms with E-state index in [2.05, 4.69) is 0 Å². The van der Waals surface area contributed by atoms with Gasteiger partial charge < -0.3 is 10.2 Å². The summed E-state index contributed by atoms with van der Waals surface area (Å²) in [6, 6.07) is 7.68. The second kappa shape index (κ2) is 6.46. The van der Waals surface area contributed by atoms with Crippen molar-refractivity contribution in [2.45, 2.75) is 64.2 Å². The SMILES string of the molecule is CC(C(=O)C(C)c1cc2c(cc1O)CCC2)c1cc2c(cc1O)CCC2. The van der Waals surface area contributed by atoms with E-state index in [-0.39, 0.29) is 17.3 Å². The normalized spacial score (nSPS) is 17.6. The van der Waals surface area contributed by atoms with Gasteiger partial charge in [-0.3, -0.25) is 4.79 Å². The first-order chi connectivity index (χ1) is 12.5. The summed E-state index contributed by atoms with van der Waals surface area (Å²) in [6.07, 6.45) is 6.27. The van der Waals surface area contributed by atoms with Crippen LogP contribution in [0.1, 0.15) is 71.9 Å². The fourth-order valence-corrected chi connectivity index (χ4v) is 4.64. The highest BCUT2D eigenvalue weighted by molar-refractivity contribution is 5.92. The monoisotopic (exact) mass is 350 g/mol. The standard InChI is InChI=1S/C23H26O3/c1-13(19-9-15-5-3-7-17(15)11-21(19)24)23(26)14(2)20-10-16-6-4-8-18(16)12-22(20)25/h9-14,24-25H,3-8H2,1-2H3. The van der Waals surface area contributed by atoms with Gasteiger partial charge in [-0.15, -0.1) is 0 Å². The number of benzene rings is 2. The number of fused-ring (bicyclic) bond motifs is 2. The van der Waals surface area contributed by atoms with E-state index < -0.39 is 11.8 Å². The number of ketones is 1. The highest BCUT2D eigenvalue weighted by Gasteiger charge is 2.29. The largest absolute Gasteiger partial charge is 0.508 e. The summed E-state index contributed by atoms with van der Waals surface area (Å²) < 4.78 is 0. The number of carbonyl (C=O) groups excluding carboxylic acids is 1. The molecule has 0 heterocycles. The molecule has 136 valence electrons. The topological polar surface area (TPSA) is 57.5 Å². The summed E-state index contributed by atoms with van der Waals surface area (Å²) in [7, 11) is 0. The average Bonchev–Trinajstić information content (AvgIpc) is 3.26. The second-order valence-corrected chi connectivity index (χ2v) is 7.91. The molecule has 0 spiro atoms. The highest BCUT2D eigenvalue weighted by atomic mass is 16.3. The van der Waals surface area contributed by atoms with Gasteiger partial charge in [0, 0.05) is 23.0 Å². The van der Waals surface area contributed by atoms with Crippen LogP contribution in [0, 0.1) is 0 Å². The van der Waals surface area contributed by atoms with Crippen LogP contribution in [0.3, 0.4) is 0 Å². The van der Waals surface area contributed by atoms with E-state index in [1.165, 1.54) is 22.3 Å². The lowest BCUT2D eigenvalue weighted by atomic mass is 9.83. The Balaban J connectivity index is 1.63. The van der Waals surface area contributed by atoms with Crippen LogP contribution in [0.4, 0.5) is 0 Å². The van der Waals surface area contributed by atoms with E-state index >= 15 is 0 Å². The lowest BCUT2D eigenvalue weighted by Crippen LogP contribution is -2.17. The van der Waals surface area contributed by atoms with Crippen molar-refractivity contribution < 1.29 is 15.0 Å². The molecule has 2 aliphatic carbocycles. The molecule has 2 N–H and O–H groups in total. The molecule has 26 heavy (non-hydrogen) atoms. The first kappa shape index (κ1) is 17.1. The second-order valence-electron chi connectivity index (χ2n) is 7.91. The number of phenolic OH excluding ortho intramolecular Hbond substituents is 2. The Bertz CT molecular complexity index is 810. The number of aryl methyl sites for hydroxylation is 4. The lowest BCUT2D eigenvalue weighted by Gasteiger charge is -2.20. The highest BCUT2D eigenvalue weighted by Crippen LogP contribution is 2.39. The molecule has 2 unspecified atom stereocenters. The summed E-state index contributed by atoms with van der Waals surface area (Å²) in [5, 5.41) is 20.9. The Morgan fingerprint density at radius 3 is 1.46 bits per heavy atom. The van der Waals surface area contributed by atoms with E-state index in [1.54, 1.807) is 0 Å². The van der Waals surface area contributed by atoms with Crippen LogP contribution in [0.25, 0.3) is 0 Å². The molecule has 2 atom stereocenters. The van der Waals surface area contributed by atoms with Gasteiger partial charge in [0.25, 0.3) is 0 Å². The van der Waals surface area contributed by atoms with Gasteiger partial charge in [0.05, 0.1) is 0 Å². The summed E-state index contributed by atoms with van der Waals surface area (Å²) in [5.74, 6) is -0.327. The van der Waals surface area contributed by atoms with Crippen molar-refractivity contribution in [3.63, 3.8) is 0 Å². The summed E-state index contributed by atoms with van der Waals surface area (Å²) in [5.41, 5.74) is 6.34. The minimum Gasteiger partial charge on any atom is -0.508 e. The van der Waals surface area contributed by atoms with E-state index in [0.717, 1.165) is 38.5 Å². The Hall–Kier alpha value is -2.29. The minimum absolute atomic E-state index is 0.0338. The Morgan fingerprint density at radius 2 is 1.08 bits per heavy atom. The summed E-state index contributed by atoms with van der Waals surface area (Å²) >= 11 is 0. The fourth-order valence-electron chi connectivity index (χ4n) is 4.64. The van der Waals surface area contributed by atoms with Crippen molar-refractivity contribution in [1.82, 2.24) is 0 Å². The van der Waals surface area contributed by atoms with Crippen molar-refractivity contribution in [3.05, 3.63) is 57.6 Å². The van der Waals surface area contributed by atoms with Crippen LogP contribution in [0.2, 0.25) is 0 Å². The maximum absolute atomic E-state index is 13.1. The predicted octanol–water partition coefficient (Wildman–Crippen LogP) is 4.55. The van der Waals surface area contributed by atoms with E-state index in [4.69, 9.17) is 0 Å². The zero-order chi connectivity index (χ0) is 18.4. The molecule has 0 aliphatic heterocycles. The van der Waals surface area contributed by atoms with Crippen LogP contribution in [0.15, 0.2) is 24.3 Å². The number of Topliss-reactive ketones (excluding diaryl/α,β-unsaturated/α-hetero) is 1. The molecule has 3 nitrogen and oxygen atoms in total. The third-order valence-electron chi connectivity index (χ3n) is 6.27. The first-order valence-electron chi connectivity index (χ1n) is 9.68. The molecule has 0 fully saturated rings. The van der Waals surface area contributed by atoms with Crippen molar-refractivity contribution in [3.8, 4) is 11.5 Å². The molecule has 0 amide bonds. The Kier molecular flexibility index (Phi) is 4.26. The molecule has 0 aromatic heterocycles. The third-order valence-corrected chi connectivity index (χ3v) is 6.27. The Morgan fingerprint density at radius 1 is 0.731 bits per heavy atom. The van der Waals surface area contributed by atoms with E-state index in [9.17, 15) is 15.0 Å². The average molecular weight is 350 g/mol. The molecule has 2 aliphatic rings. The van der Waals surface area contributed by atoms with Crippen LogP contribution >= 0.6 is 0 Å². The molecule has 2 aromatic rings. The van der Waals surface area contributed by atoms with Gasteiger partial charge in [-0.1, -0.05) is 26.0 Å². The number of carbonyl (C=O) groups is 1. The maximum Gasteiger partial charge on any atom is 0.147 e. The first-order valence-corrected chi connectivity index (χ1v) is 9.68. The zero-order valence-electron chi connectivity index (χ0n) is 15.5. The van der Waals surface area contributed by atoms with E-state index in [0.29, 0.717) is 11.1 Å². The van der Waals surface area contributed by atoms with Crippen LogP contribution < -0.4 is 0 Å². The van der Waals surface area contributed by atoms with Crippen LogP contribution in [0.5, 0.6) is 11.5 Å². The van der Waals surface area contributed by atoms with Crippen molar-refractivity contribution in [2.24, 2.45) is 0 Å². The van der Waals surface area contributed by atoms with Crippen LogP contribution in [-0.4, -0.2) is 16.0 Å². The van der Waals surface area contributed by atoms with Gasteiger partial charge in [0.1, 0.15) is 17.3 Å². The van der Waals surface area contributed by atoms with Crippen LogP contribution in [-0.2, 0) is 30.5 Å². The van der Waals surface area contributed by atoms with Crippen molar-refractivity contribution >= 4 is 5.78 Å². The quantitative estimate of drug-likeness (QED) is 0.850. The summed E-state index contributed by atoms with van der Waals surface area (Å²) in [6.45, 7) is 3.72. The predicted molar refractivity (Wildman–Crippen MR) is 102 cm³/mol. The van der Waals surface area contributed by atoms with Crippen molar-refractivity contribution in [2.75, 3.05) is 0 Å². The van der Waals surface area contributed by atoms with Gasteiger partial charge in [0.15, 0.2) is 0 Å². The number of rotatable bonds is 4. The fraction of sp³-hybridized carbons (Fsp3) is 0.435. The maximum atomic E-state index is 13.1.